The number of carboxylic acid groups (broad SMARTS) is 1. The Morgan fingerprint density at radius 2 is 2.24 bits per heavy atom. The number of fused-ring (bicyclic) bond motifs is 1. The van der Waals surface area contributed by atoms with Crippen molar-refractivity contribution in [1.82, 2.24) is 9.55 Å². The lowest BCUT2D eigenvalue weighted by Gasteiger charge is -2.14. The first-order valence-electron chi connectivity index (χ1n) is 7.81. The Morgan fingerprint density at radius 3 is 2.86 bits per heavy atom. The van der Waals surface area contributed by atoms with Gasteiger partial charge in [0.15, 0.2) is 0 Å². The highest BCUT2D eigenvalue weighted by molar-refractivity contribution is 5.92. The molecule has 0 amide bonds. The van der Waals surface area contributed by atoms with Gasteiger partial charge in [-0.3, -0.25) is 0 Å². The van der Waals surface area contributed by atoms with Crippen LogP contribution in [0, 0.1) is 11.8 Å². The summed E-state index contributed by atoms with van der Waals surface area (Å²) < 4.78 is 2.30. The Morgan fingerprint density at radius 1 is 1.43 bits per heavy atom. The molecule has 0 aliphatic heterocycles. The fourth-order valence-electron chi connectivity index (χ4n) is 3.54. The van der Waals surface area contributed by atoms with Crippen LogP contribution in [0.15, 0.2) is 18.2 Å². The Labute approximate surface area is 124 Å². The van der Waals surface area contributed by atoms with Gasteiger partial charge in [-0.15, -0.1) is 0 Å². The van der Waals surface area contributed by atoms with Crippen LogP contribution in [0.2, 0.25) is 0 Å². The van der Waals surface area contributed by atoms with Gasteiger partial charge in [0.1, 0.15) is 5.82 Å². The molecule has 1 aromatic heterocycles. The Balaban J connectivity index is 1.98. The lowest BCUT2D eigenvalue weighted by atomic mass is 10.1. The van der Waals surface area contributed by atoms with Gasteiger partial charge in [0.2, 0.25) is 0 Å². The molecule has 1 aliphatic carbocycles. The van der Waals surface area contributed by atoms with E-state index in [9.17, 15) is 4.79 Å². The van der Waals surface area contributed by atoms with Crippen LogP contribution >= 0.6 is 0 Å². The van der Waals surface area contributed by atoms with E-state index in [1.807, 2.05) is 6.07 Å². The number of carbonyl (C=O) groups is 1. The minimum absolute atomic E-state index is 0.310. The van der Waals surface area contributed by atoms with E-state index in [4.69, 9.17) is 5.11 Å². The standard InChI is InChI=1S/C17H22N2O2/c1-3-16-18-14-9-13(17(20)21)6-7-15(14)19(16)10-12-5-4-11(2)8-12/h6-7,9,11-12H,3-5,8,10H2,1-2H3,(H,20,21). The fourth-order valence-corrected chi connectivity index (χ4v) is 3.54. The summed E-state index contributed by atoms with van der Waals surface area (Å²) in [6.45, 7) is 5.44. The SMILES string of the molecule is CCc1nc2cc(C(=O)O)ccc2n1CC1CCC(C)C1. The van der Waals surface area contributed by atoms with Gasteiger partial charge in [-0.05, 0) is 42.9 Å². The lowest BCUT2D eigenvalue weighted by molar-refractivity contribution is 0.0697. The third kappa shape index (κ3) is 2.67. The highest BCUT2D eigenvalue weighted by Crippen LogP contribution is 2.32. The molecular formula is C17H22N2O2. The van der Waals surface area contributed by atoms with E-state index in [0.29, 0.717) is 5.56 Å². The molecule has 1 aromatic carbocycles. The Bertz CT molecular complexity index is 675. The van der Waals surface area contributed by atoms with Crippen LogP contribution in [0.1, 0.15) is 49.3 Å². The summed E-state index contributed by atoms with van der Waals surface area (Å²) in [5.41, 5.74) is 2.18. The average molecular weight is 286 g/mol. The molecule has 4 heteroatoms. The minimum Gasteiger partial charge on any atom is -0.478 e. The first-order valence-corrected chi connectivity index (χ1v) is 7.81. The van der Waals surface area contributed by atoms with Crippen LogP contribution < -0.4 is 0 Å². The monoisotopic (exact) mass is 286 g/mol. The molecule has 2 atom stereocenters. The fraction of sp³-hybridized carbons (Fsp3) is 0.529. The van der Waals surface area contributed by atoms with Crippen LogP contribution in [0.5, 0.6) is 0 Å². The summed E-state index contributed by atoms with van der Waals surface area (Å²) in [5, 5.41) is 9.10. The topological polar surface area (TPSA) is 55.1 Å². The zero-order chi connectivity index (χ0) is 15.0. The third-order valence-electron chi connectivity index (χ3n) is 4.63. The summed E-state index contributed by atoms with van der Waals surface area (Å²) in [6.07, 6.45) is 4.77. The van der Waals surface area contributed by atoms with Crippen LogP contribution in [0.25, 0.3) is 11.0 Å². The molecule has 112 valence electrons. The van der Waals surface area contributed by atoms with Gasteiger partial charge >= 0.3 is 5.97 Å². The van der Waals surface area contributed by atoms with Crippen molar-refractivity contribution >= 4 is 17.0 Å². The second-order valence-corrected chi connectivity index (χ2v) is 6.29. The van der Waals surface area contributed by atoms with Gasteiger partial charge in [0, 0.05) is 13.0 Å². The van der Waals surface area contributed by atoms with Crippen molar-refractivity contribution in [2.45, 2.75) is 46.1 Å². The molecule has 0 spiro atoms. The summed E-state index contributed by atoms with van der Waals surface area (Å²) >= 11 is 0. The van der Waals surface area contributed by atoms with Crippen LogP contribution in [-0.2, 0) is 13.0 Å². The summed E-state index contributed by atoms with van der Waals surface area (Å²) in [4.78, 5) is 15.7. The second kappa shape index (κ2) is 5.51. The van der Waals surface area contributed by atoms with Crippen molar-refractivity contribution in [3.05, 3.63) is 29.6 Å². The zero-order valence-corrected chi connectivity index (χ0v) is 12.7. The van der Waals surface area contributed by atoms with E-state index in [1.54, 1.807) is 12.1 Å². The lowest BCUT2D eigenvalue weighted by Crippen LogP contribution is -2.10. The van der Waals surface area contributed by atoms with E-state index in [-0.39, 0.29) is 0 Å². The number of nitrogens with zero attached hydrogens (tertiary/aromatic N) is 2. The number of hydrogen-bond donors (Lipinski definition) is 1. The molecule has 1 N–H and O–H groups in total. The molecule has 2 unspecified atom stereocenters. The summed E-state index contributed by atoms with van der Waals surface area (Å²) in [6, 6.07) is 5.27. The van der Waals surface area contributed by atoms with Gasteiger partial charge < -0.3 is 9.67 Å². The summed E-state index contributed by atoms with van der Waals surface area (Å²) in [7, 11) is 0. The van der Waals surface area contributed by atoms with Gasteiger partial charge in [0.25, 0.3) is 0 Å². The minimum atomic E-state index is -0.894. The number of aromatic nitrogens is 2. The first kappa shape index (κ1) is 14.1. The molecule has 0 bridgehead atoms. The largest absolute Gasteiger partial charge is 0.478 e. The Kier molecular flexibility index (Phi) is 3.70. The molecule has 4 nitrogen and oxygen atoms in total. The highest BCUT2D eigenvalue weighted by Gasteiger charge is 2.23. The first-order chi connectivity index (χ1) is 10.1. The van der Waals surface area contributed by atoms with Crippen molar-refractivity contribution in [3.63, 3.8) is 0 Å². The molecule has 0 radical (unpaired) electrons. The molecular weight excluding hydrogens is 264 g/mol. The molecule has 3 rings (SSSR count). The highest BCUT2D eigenvalue weighted by atomic mass is 16.4. The number of carboxylic acids is 1. The van der Waals surface area contributed by atoms with Crippen molar-refractivity contribution in [3.8, 4) is 0 Å². The number of aromatic carboxylic acids is 1. The second-order valence-electron chi connectivity index (χ2n) is 6.29. The summed E-state index contributed by atoms with van der Waals surface area (Å²) in [5.74, 6) is 1.72. The van der Waals surface area contributed by atoms with Gasteiger partial charge in [0.05, 0.1) is 16.6 Å². The van der Waals surface area contributed by atoms with E-state index in [1.165, 1.54) is 19.3 Å². The Hall–Kier alpha value is -1.84. The molecule has 0 saturated heterocycles. The third-order valence-corrected chi connectivity index (χ3v) is 4.63. The number of hydrogen-bond acceptors (Lipinski definition) is 2. The number of rotatable bonds is 4. The molecule has 1 saturated carbocycles. The number of imidazole rings is 1. The van der Waals surface area contributed by atoms with Crippen LogP contribution in [-0.4, -0.2) is 20.6 Å². The average Bonchev–Trinajstić information content (AvgIpc) is 3.02. The normalized spacial score (nSPS) is 22.0. The quantitative estimate of drug-likeness (QED) is 0.931. The van der Waals surface area contributed by atoms with E-state index in [2.05, 4.69) is 23.4 Å². The van der Waals surface area contributed by atoms with Crippen molar-refractivity contribution < 1.29 is 9.90 Å². The van der Waals surface area contributed by atoms with Crippen LogP contribution in [0.4, 0.5) is 0 Å². The maximum atomic E-state index is 11.1. The molecule has 1 fully saturated rings. The predicted molar refractivity (Wildman–Crippen MR) is 82.6 cm³/mol. The maximum absolute atomic E-state index is 11.1. The van der Waals surface area contributed by atoms with Crippen LogP contribution in [0.3, 0.4) is 0 Å². The van der Waals surface area contributed by atoms with Crippen molar-refractivity contribution in [2.75, 3.05) is 0 Å². The number of benzene rings is 1. The van der Waals surface area contributed by atoms with E-state index >= 15 is 0 Å². The molecule has 2 aromatic rings. The molecule has 1 aliphatic rings. The number of aryl methyl sites for hydroxylation is 1. The smallest absolute Gasteiger partial charge is 0.335 e. The van der Waals surface area contributed by atoms with Gasteiger partial charge in [-0.25, -0.2) is 9.78 Å². The van der Waals surface area contributed by atoms with Gasteiger partial charge in [-0.2, -0.15) is 0 Å². The van der Waals surface area contributed by atoms with E-state index < -0.39 is 5.97 Å². The van der Waals surface area contributed by atoms with Crippen molar-refractivity contribution in [1.29, 1.82) is 0 Å². The maximum Gasteiger partial charge on any atom is 0.335 e. The molecule has 21 heavy (non-hydrogen) atoms. The van der Waals surface area contributed by atoms with Crippen molar-refractivity contribution in [2.24, 2.45) is 11.8 Å². The van der Waals surface area contributed by atoms with E-state index in [0.717, 1.165) is 41.7 Å². The van der Waals surface area contributed by atoms with Gasteiger partial charge in [-0.1, -0.05) is 20.3 Å². The predicted octanol–water partition coefficient (Wildman–Crippen LogP) is 3.73. The zero-order valence-electron chi connectivity index (χ0n) is 12.7. The molecule has 1 heterocycles.